The Kier molecular flexibility index (Phi) is 7.72. The summed E-state index contributed by atoms with van der Waals surface area (Å²) in [6.45, 7) is 11.3. The van der Waals surface area contributed by atoms with Crippen molar-refractivity contribution in [3.05, 3.63) is 23.8 Å². The Morgan fingerprint density at radius 1 is 1.08 bits per heavy atom. The van der Waals surface area contributed by atoms with Gasteiger partial charge in [-0.1, -0.05) is 13.8 Å². The molecule has 0 saturated carbocycles. The quantitative estimate of drug-likeness (QED) is 0.765. The summed E-state index contributed by atoms with van der Waals surface area (Å²) in [7, 11) is 3.37. The molecule has 1 N–H and O–H groups in total. The zero-order valence-electron chi connectivity index (χ0n) is 16.7. The summed E-state index contributed by atoms with van der Waals surface area (Å²) >= 11 is 0. The Balaban J connectivity index is 1.82. The molecule has 6 heteroatoms. The van der Waals surface area contributed by atoms with Gasteiger partial charge in [0.05, 0.1) is 20.8 Å². The molecule has 1 atom stereocenters. The van der Waals surface area contributed by atoms with Crippen LogP contribution in [0.4, 0.5) is 0 Å². The van der Waals surface area contributed by atoms with Crippen LogP contribution in [0.3, 0.4) is 0 Å². The molecule has 1 heterocycles. The van der Waals surface area contributed by atoms with Gasteiger partial charge in [-0.2, -0.15) is 0 Å². The zero-order valence-corrected chi connectivity index (χ0v) is 16.7. The van der Waals surface area contributed by atoms with E-state index >= 15 is 0 Å². The Hall–Kier alpha value is -1.79. The van der Waals surface area contributed by atoms with E-state index in [1.165, 1.54) is 0 Å². The molecule has 1 saturated heterocycles. The second-order valence-electron chi connectivity index (χ2n) is 7.33. The molecule has 0 bridgehead atoms. The number of hydrogen-bond donors (Lipinski definition) is 1. The van der Waals surface area contributed by atoms with Gasteiger partial charge >= 0.3 is 0 Å². The van der Waals surface area contributed by atoms with Crippen LogP contribution in [0.1, 0.15) is 26.3 Å². The predicted octanol–water partition coefficient (Wildman–Crippen LogP) is 1.98. The highest BCUT2D eigenvalue weighted by Crippen LogP contribution is 2.25. The van der Waals surface area contributed by atoms with Crippen molar-refractivity contribution < 1.29 is 14.3 Å². The normalized spacial score (nSPS) is 17.2. The first-order chi connectivity index (χ1) is 12.4. The second-order valence-corrected chi connectivity index (χ2v) is 7.33. The number of nitrogens with zero attached hydrogens (tertiary/aromatic N) is 2. The van der Waals surface area contributed by atoms with Gasteiger partial charge in [0, 0.05) is 44.3 Å². The van der Waals surface area contributed by atoms with Crippen LogP contribution < -0.4 is 14.8 Å². The first-order valence-corrected chi connectivity index (χ1v) is 9.38. The van der Waals surface area contributed by atoms with Crippen molar-refractivity contribution >= 4 is 5.91 Å². The molecule has 1 unspecified atom stereocenters. The molecule has 2 rings (SSSR count). The lowest BCUT2D eigenvalue weighted by molar-refractivity contribution is -0.123. The van der Waals surface area contributed by atoms with E-state index in [0.29, 0.717) is 12.5 Å². The number of ether oxygens (including phenoxy) is 2. The molecule has 26 heavy (non-hydrogen) atoms. The number of amides is 1. The summed E-state index contributed by atoms with van der Waals surface area (Å²) in [6.07, 6.45) is 0. The van der Waals surface area contributed by atoms with E-state index in [1.54, 1.807) is 14.2 Å². The van der Waals surface area contributed by atoms with Crippen molar-refractivity contribution in [3.8, 4) is 11.5 Å². The topological polar surface area (TPSA) is 54.0 Å². The second kappa shape index (κ2) is 9.78. The van der Waals surface area contributed by atoms with Crippen molar-refractivity contribution in [1.29, 1.82) is 0 Å². The maximum Gasteiger partial charge on any atom is 0.234 e. The van der Waals surface area contributed by atoms with Gasteiger partial charge in [-0.05, 0) is 31.0 Å². The number of benzene rings is 1. The maximum atomic E-state index is 12.2. The molecule has 0 aromatic heterocycles. The fourth-order valence-electron chi connectivity index (χ4n) is 3.02. The van der Waals surface area contributed by atoms with E-state index in [2.05, 4.69) is 35.9 Å². The van der Waals surface area contributed by atoms with Crippen molar-refractivity contribution in [1.82, 2.24) is 15.1 Å². The summed E-state index contributed by atoms with van der Waals surface area (Å²) in [5, 5.41) is 3.08. The highest BCUT2D eigenvalue weighted by molar-refractivity contribution is 5.78. The smallest absolute Gasteiger partial charge is 0.234 e. The molecular formula is C20H33N3O3. The highest BCUT2D eigenvalue weighted by Gasteiger charge is 2.21. The minimum atomic E-state index is 0.120. The van der Waals surface area contributed by atoms with Gasteiger partial charge in [-0.25, -0.2) is 0 Å². The van der Waals surface area contributed by atoms with Gasteiger partial charge in [0.15, 0.2) is 0 Å². The van der Waals surface area contributed by atoms with Crippen LogP contribution >= 0.6 is 0 Å². The van der Waals surface area contributed by atoms with E-state index in [-0.39, 0.29) is 11.9 Å². The Morgan fingerprint density at radius 2 is 1.73 bits per heavy atom. The molecule has 1 aliphatic heterocycles. The molecule has 0 spiro atoms. The van der Waals surface area contributed by atoms with Crippen LogP contribution in [0.15, 0.2) is 18.2 Å². The zero-order chi connectivity index (χ0) is 19.1. The molecule has 1 amide bonds. The molecule has 6 nitrogen and oxygen atoms in total. The third kappa shape index (κ3) is 5.88. The minimum absolute atomic E-state index is 0.120. The number of carbonyl (C=O) groups is 1. The van der Waals surface area contributed by atoms with Crippen LogP contribution in [0.25, 0.3) is 0 Å². The largest absolute Gasteiger partial charge is 0.497 e. The van der Waals surface area contributed by atoms with Gasteiger partial charge < -0.3 is 14.8 Å². The molecular weight excluding hydrogens is 330 g/mol. The monoisotopic (exact) mass is 363 g/mol. The molecule has 146 valence electrons. The summed E-state index contributed by atoms with van der Waals surface area (Å²) in [5.41, 5.74) is 1.13. The van der Waals surface area contributed by atoms with Crippen LogP contribution in [0, 0.1) is 5.92 Å². The van der Waals surface area contributed by atoms with Gasteiger partial charge in [0.2, 0.25) is 5.91 Å². The molecule has 1 aliphatic rings. The van der Waals surface area contributed by atoms with Gasteiger partial charge in [0.25, 0.3) is 0 Å². The molecule has 1 fully saturated rings. The van der Waals surface area contributed by atoms with Crippen molar-refractivity contribution in [2.75, 3.05) is 46.9 Å². The third-order valence-corrected chi connectivity index (χ3v) is 5.10. The van der Waals surface area contributed by atoms with Crippen LogP contribution in [-0.2, 0) is 11.3 Å². The van der Waals surface area contributed by atoms with Gasteiger partial charge in [0.1, 0.15) is 11.5 Å². The number of rotatable bonds is 8. The minimum Gasteiger partial charge on any atom is -0.497 e. The first-order valence-electron chi connectivity index (χ1n) is 9.38. The van der Waals surface area contributed by atoms with E-state index in [1.807, 2.05) is 18.2 Å². The summed E-state index contributed by atoms with van der Waals surface area (Å²) in [4.78, 5) is 16.8. The SMILES string of the molecule is COc1ccc(OC)c(CN2CCN(CC(=O)NC(C)C(C)C)CC2)c1. The van der Waals surface area contributed by atoms with Gasteiger partial charge in [-0.3, -0.25) is 14.6 Å². The van der Waals surface area contributed by atoms with E-state index in [0.717, 1.165) is 49.8 Å². The van der Waals surface area contributed by atoms with Crippen LogP contribution in [0.2, 0.25) is 0 Å². The highest BCUT2D eigenvalue weighted by atomic mass is 16.5. The Morgan fingerprint density at radius 3 is 2.31 bits per heavy atom. The van der Waals surface area contributed by atoms with Gasteiger partial charge in [-0.15, -0.1) is 0 Å². The number of piperazine rings is 1. The van der Waals surface area contributed by atoms with Crippen LogP contribution in [-0.4, -0.2) is 68.7 Å². The van der Waals surface area contributed by atoms with Crippen molar-refractivity contribution in [2.45, 2.75) is 33.4 Å². The maximum absolute atomic E-state index is 12.2. The van der Waals surface area contributed by atoms with Crippen molar-refractivity contribution in [3.63, 3.8) is 0 Å². The number of carbonyl (C=O) groups excluding carboxylic acids is 1. The van der Waals surface area contributed by atoms with Crippen molar-refractivity contribution in [2.24, 2.45) is 5.92 Å². The lowest BCUT2D eigenvalue weighted by Crippen LogP contribution is -2.50. The average molecular weight is 364 g/mol. The van der Waals surface area contributed by atoms with Crippen LogP contribution in [0.5, 0.6) is 11.5 Å². The average Bonchev–Trinajstić information content (AvgIpc) is 2.63. The fourth-order valence-corrected chi connectivity index (χ4v) is 3.02. The number of methoxy groups -OCH3 is 2. The van der Waals surface area contributed by atoms with E-state index < -0.39 is 0 Å². The molecule has 0 aliphatic carbocycles. The Labute approximate surface area is 157 Å². The first kappa shape index (κ1) is 20.5. The summed E-state index contributed by atoms with van der Waals surface area (Å²) < 4.78 is 10.8. The third-order valence-electron chi connectivity index (χ3n) is 5.10. The van der Waals surface area contributed by atoms with E-state index in [9.17, 15) is 4.79 Å². The number of hydrogen-bond acceptors (Lipinski definition) is 5. The molecule has 0 radical (unpaired) electrons. The van der Waals surface area contributed by atoms with E-state index in [4.69, 9.17) is 9.47 Å². The summed E-state index contributed by atoms with van der Waals surface area (Å²) in [5.74, 6) is 2.30. The Bertz CT molecular complexity index is 584. The predicted molar refractivity (Wildman–Crippen MR) is 104 cm³/mol. The molecule has 1 aromatic rings. The lowest BCUT2D eigenvalue weighted by atomic mass is 10.1. The lowest BCUT2D eigenvalue weighted by Gasteiger charge is -2.34. The standard InChI is InChI=1S/C20H33N3O3/c1-15(2)16(3)21-20(24)14-23-10-8-22(9-11-23)13-17-12-18(25-4)6-7-19(17)26-5/h6-7,12,15-16H,8-11,13-14H2,1-5H3,(H,21,24). The fraction of sp³-hybridized carbons (Fsp3) is 0.650. The number of nitrogens with one attached hydrogen (secondary N) is 1. The summed E-state index contributed by atoms with van der Waals surface area (Å²) in [6, 6.07) is 6.11. The molecule has 1 aromatic carbocycles.